The molecule has 6 heteroatoms. The number of unbranched alkanes of at least 4 members (excludes halogenated alkanes) is 1. The Kier molecular flexibility index (Phi) is 5.31. The van der Waals surface area contributed by atoms with Crippen molar-refractivity contribution in [2.24, 2.45) is 0 Å². The standard InChI is InChI=1S/C20H22N4O2/c1-3-4-12-24-18(16-10-5-6-11-17(16)22-20(24)26)23-19(25)21-15-9-7-8-14(2)13-15/h5-11,13H,3-4,12H2,1-2H3,(H2,21,23,25). The number of carbonyl (C=O) groups is 1. The summed E-state index contributed by atoms with van der Waals surface area (Å²) in [6, 6.07) is 14.5. The molecule has 0 aliphatic rings. The number of hydrogen-bond acceptors (Lipinski definition) is 3. The van der Waals surface area contributed by atoms with Gasteiger partial charge in [-0.05, 0) is 43.2 Å². The van der Waals surface area contributed by atoms with E-state index < -0.39 is 6.03 Å². The molecule has 0 aliphatic carbocycles. The first-order valence-electron chi connectivity index (χ1n) is 8.72. The van der Waals surface area contributed by atoms with Crippen molar-refractivity contribution in [2.75, 3.05) is 10.6 Å². The molecule has 0 spiro atoms. The van der Waals surface area contributed by atoms with Crippen molar-refractivity contribution in [3.05, 3.63) is 64.6 Å². The third-order valence-corrected chi connectivity index (χ3v) is 4.12. The van der Waals surface area contributed by atoms with Gasteiger partial charge in [-0.1, -0.05) is 37.6 Å². The van der Waals surface area contributed by atoms with Crippen molar-refractivity contribution >= 4 is 28.4 Å². The van der Waals surface area contributed by atoms with Crippen molar-refractivity contribution in [2.45, 2.75) is 33.2 Å². The van der Waals surface area contributed by atoms with E-state index in [0.717, 1.165) is 23.8 Å². The zero-order chi connectivity index (χ0) is 18.5. The third-order valence-electron chi connectivity index (χ3n) is 4.12. The average molecular weight is 350 g/mol. The fraction of sp³-hybridized carbons (Fsp3) is 0.250. The van der Waals surface area contributed by atoms with Crippen molar-refractivity contribution in [1.29, 1.82) is 0 Å². The molecule has 2 N–H and O–H groups in total. The van der Waals surface area contributed by atoms with Crippen molar-refractivity contribution in [3.8, 4) is 0 Å². The smallest absolute Gasteiger partial charge is 0.308 e. The number of nitrogens with one attached hydrogen (secondary N) is 2. The van der Waals surface area contributed by atoms with E-state index in [9.17, 15) is 9.59 Å². The van der Waals surface area contributed by atoms with E-state index in [2.05, 4.69) is 22.5 Å². The Morgan fingerprint density at radius 1 is 1.12 bits per heavy atom. The lowest BCUT2D eigenvalue weighted by Gasteiger charge is -2.16. The number of para-hydroxylation sites is 1. The molecule has 1 aromatic heterocycles. The fourth-order valence-corrected chi connectivity index (χ4v) is 2.83. The number of fused-ring (bicyclic) bond motifs is 1. The van der Waals surface area contributed by atoms with Gasteiger partial charge in [0.15, 0.2) is 0 Å². The quantitative estimate of drug-likeness (QED) is 0.726. The second kappa shape index (κ2) is 7.82. The Hall–Kier alpha value is -3.15. The highest BCUT2D eigenvalue weighted by molar-refractivity contribution is 6.04. The van der Waals surface area contributed by atoms with Crippen LogP contribution in [0, 0.1) is 6.92 Å². The zero-order valence-corrected chi connectivity index (χ0v) is 15.0. The van der Waals surface area contributed by atoms with Gasteiger partial charge in [-0.2, -0.15) is 4.98 Å². The SMILES string of the molecule is CCCCn1c(NC(=O)Nc2cccc(C)c2)c2ccccc2nc1=O. The second-order valence-corrected chi connectivity index (χ2v) is 6.21. The highest BCUT2D eigenvalue weighted by Crippen LogP contribution is 2.21. The lowest BCUT2D eigenvalue weighted by Crippen LogP contribution is -2.29. The van der Waals surface area contributed by atoms with E-state index in [1.54, 1.807) is 6.07 Å². The molecule has 0 saturated heterocycles. The van der Waals surface area contributed by atoms with Crippen molar-refractivity contribution in [1.82, 2.24) is 9.55 Å². The molecule has 0 bridgehead atoms. The predicted octanol–water partition coefficient (Wildman–Crippen LogP) is 4.15. The summed E-state index contributed by atoms with van der Waals surface area (Å²) in [6.07, 6.45) is 1.77. The number of anilines is 2. The molecule has 0 saturated carbocycles. The molecule has 26 heavy (non-hydrogen) atoms. The summed E-state index contributed by atoms with van der Waals surface area (Å²) in [5.74, 6) is 0.471. The first kappa shape index (κ1) is 17.7. The maximum absolute atomic E-state index is 12.5. The van der Waals surface area contributed by atoms with Crippen molar-refractivity contribution < 1.29 is 4.79 Å². The summed E-state index contributed by atoms with van der Waals surface area (Å²) < 4.78 is 1.53. The number of urea groups is 1. The maximum Gasteiger partial charge on any atom is 0.349 e. The first-order valence-corrected chi connectivity index (χ1v) is 8.72. The molecule has 2 amide bonds. The molecule has 2 aromatic carbocycles. The van der Waals surface area contributed by atoms with E-state index in [0.29, 0.717) is 23.6 Å². The molecule has 3 rings (SSSR count). The van der Waals surface area contributed by atoms with E-state index in [1.807, 2.05) is 49.4 Å². The molecule has 0 aliphatic heterocycles. The van der Waals surface area contributed by atoms with Crippen molar-refractivity contribution in [3.63, 3.8) is 0 Å². The zero-order valence-electron chi connectivity index (χ0n) is 15.0. The van der Waals surface area contributed by atoms with Gasteiger partial charge in [-0.15, -0.1) is 0 Å². The Labute approximate surface area is 151 Å². The Balaban J connectivity index is 1.96. The first-order chi connectivity index (χ1) is 12.6. The average Bonchev–Trinajstić information content (AvgIpc) is 2.61. The van der Waals surface area contributed by atoms with Crippen LogP contribution in [-0.2, 0) is 6.54 Å². The van der Waals surface area contributed by atoms with Gasteiger partial charge in [0.05, 0.1) is 5.52 Å². The molecule has 0 fully saturated rings. The number of aryl methyl sites for hydroxylation is 1. The lowest BCUT2D eigenvalue weighted by atomic mass is 10.2. The number of aromatic nitrogens is 2. The Morgan fingerprint density at radius 2 is 1.92 bits per heavy atom. The van der Waals surface area contributed by atoms with Gasteiger partial charge in [-0.3, -0.25) is 9.88 Å². The van der Waals surface area contributed by atoms with Crippen LogP contribution in [0.2, 0.25) is 0 Å². The van der Waals surface area contributed by atoms with Gasteiger partial charge in [0.2, 0.25) is 0 Å². The summed E-state index contributed by atoms with van der Waals surface area (Å²) in [5.41, 5.74) is 1.96. The Morgan fingerprint density at radius 3 is 2.69 bits per heavy atom. The highest BCUT2D eigenvalue weighted by Gasteiger charge is 2.14. The van der Waals surface area contributed by atoms with Gasteiger partial charge < -0.3 is 5.32 Å². The van der Waals surface area contributed by atoms with Crippen LogP contribution in [0.1, 0.15) is 25.3 Å². The monoisotopic (exact) mass is 350 g/mol. The molecule has 0 radical (unpaired) electrons. The predicted molar refractivity (Wildman–Crippen MR) is 105 cm³/mol. The Bertz CT molecular complexity index is 995. The van der Waals surface area contributed by atoms with Crippen LogP contribution >= 0.6 is 0 Å². The van der Waals surface area contributed by atoms with Crippen LogP contribution in [0.15, 0.2) is 53.3 Å². The summed E-state index contributed by atoms with van der Waals surface area (Å²) in [4.78, 5) is 29.1. The molecule has 134 valence electrons. The minimum absolute atomic E-state index is 0.358. The summed E-state index contributed by atoms with van der Waals surface area (Å²) in [5, 5.41) is 6.40. The molecule has 0 atom stereocenters. The molecule has 1 heterocycles. The van der Waals surface area contributed by atoms with Crippen LogP contribution in [-0.4, -0.2) is 15.6 Å². The fourth-order valence-electron chi connectivity index (χ4n) is 2.83. The van der Waals surface area contributed by atoms with Crippen LogP contribution in [0.3, 0.4) is 0 Å². The van der Waals surface area contributed by atoms with Crippen LogP contribution < -0.4 is 16.3 Å². The van der Waals surface area contributed by atoms with E-state index in [1.165, 1.54) is 4.57 Å². The molecule has 0 unspecified atom stereocenters. The molecule has 6 nitrogen and oxygen atoms in total. The van der Waals surface area contributed by atoms with Crippen LogP contribution in [0.5, 0.6) is 0 Å². The van der Waals surface area contributed by atoms with Gasteiger partial charge in [-0.25, -0.2) is 9.59 Å². The highest BCUT2D eigenvalue weighted by atomic mass is 16.2. The number of nitrogens with zero attached hydrogens (tertiary/aromatic N) is 2. The van der Waals surface area contributed by atoms with Gasteiger partial charge in [0.25, 0.3) is 0 Å². The molecular formula is C20H22N4O2. The maximum atomic E-state index is 12.5. The van der Waals surface area contributed by atoms with Gasteiger partial charge in [0, 0.05) is 17.6 Å². The normalized spacial score (nSPS) is 10.7. The number of carbonyl (C=O) groups excluding carboxylic acids is 1. The van der Waals surface area contributed by atoms with Crippen LogP contribution in [0.25, 0.3) is 10.9 Å². The minimum atomic E-state index is -0.392. The second-order valence-electron chi connectivity index (χ2n) is 6.21. The topological polar surface area (TPSA) is 76.0 Å². The molecule has 3 aromatic rings. The molecular weight excluding hydrogens is 328 g/mol. The summed E-state index contributed by atoms with van der Waals surface area (Å²) in [6.45, 7) is 4.52. The van der Waals surface area contributed by atoms with E-state index in [-0.39, 0.29) is 5.69 Å². The number of amides is 2. The largest absolute Gasteiger partial charge is 0.349 e. The summed E-state index contributed by atoms with van der Waals surface area (Å²) >= 11 is 0. The van der Waals surface area contributed by atoms with Gasteiger partial charge in [0.1, 0.15) is 5.82 Å². The number of hydrogen-bond donors (Lipinski definition) is 2. The lowest BCUT2D eigenvalue weighted by molar-refractivity contribution is 0.262. The van der Waals surface area contributed by atoms with Gasteiger partial charge >= 0.3 is 11.7 Å². The van der Waals surface area contributed by atoms with E-state index >= 15 is 0 Å². The van der Waals surface area contributed by atoms with Crippen LogP contribution in [0.4, 0.5) is 16.3 Å². The van der Waals surface area contributed by atoms with E-state index in [4.69, 9.17) is 0 Å². The number of rotatable bonds is 5. The minimum Gasteiger partial charge on any atom is -0.308 e. The summed E-state index contributed by atoms with van der Waals surface area (Å²) in [7, 11) is 0. The number of benzene rings is 2. The third kappa shape index (κ3) is 3.91.